The second-order valence-electron chi connectivity index (χ2n) is 6.99. The molecule has 4 rings (SSSR count). The van der Waals surface area contributed by atoms with E-state index in [4.69, 9.17) is 0 Å². The van der Waals surface area contributed by atoms with Crippen LogP contribution in [0.3, 0.4) is 0 Å². The Morgan fingerprint density at radius 3 is 2.96 bits per heavy atom. The summed E-state index contributed by atoms with van der Waals surface area (Å²) < 4.78 is 2.10. The number of hydrogen-bond donors (Lipinski definition) is 2. The molecule has 0 fully saturated rings. The van der Waals surface area contributed by atoms with E-state index in [1.54, 1.807) is 11.3 Å². The Labute approximate surface area is 137 Å². The highest BCUT2D eigenvalue weighted by Crippen LogP contribution is 2.34. The lowest BCUT2D eigenvalue weighted by Gasteiger charge is -2.14. The third-order valence-electron chi connectivity index (χ3n) is 4.29. The number of nitrogens with one attached hydrogen (secondary N) is 2. The molecule has 1 atom stereocenters. The van der Waals surface area contributed by atoms with E-state index in [0.29, 0.717) is 13.0 Å². The standard InChI is InChI=1S/C16H19N5OS/c1-16(2,3)12-7-10(19-20-12)9-6-13(22)17-8-11-14(9)21-4-5-23-15(21)18-11/h4-5,7,9H,6,8H2,1-3H3,(H,17,22)(H,19,20). The highest BCUT2D eigenvalue weighted by atomic mass is 32.1. The summed E-state index contributed by atoms with van der Waals surface area (Å²) in [7, 11) is 0. The Morgan fingerprint density at radius 1 is 1.39 bits per heavy atom. The van der Waals surface area contributed by atoms with E-state index in [1.807, 2.05) is 11.6 Å². The van der Waals surface area contributed by atoms with Gasteiger partial charge in [0.2, 0.25) is 5.91 Å². The Bertz CT molecular complexity index is 882. The van der Waals surface area contributed by atoms with Crippen molar-refractivity contribution in [2.75, 3.05) is 0 Å². The molecular formula is C16H19N5OS. The van der Waals surface area contributed by atoms with E-state index >= 15 is 0 Å². The van der Waals surface area contributed by atoms with Crippen LogP contribution in [-0.4, -0.2) is 25.5 Å². The zero-order valence-corrected chi connectivity index (χ0v) is 14.2. The van der Waals surface area contributed by atoms with Crippen LogP contribution >= 0.6 is 11.3 Å². The quantitative estimate of drug-likeness (QED) is 0.720. The fraction of sp³-hybridized carbons (Fsp3) is 0.438. The maximum atomic E-state index is 12.1. The van der Waals surface area contributed by atoms with Gasteiger partial charge in [0.1, 0.15) is 0 Å². The van der Waals surface area contributed by atoms with Crippen molar-refractivity contribution in [3.05, 3.63) is 40.4 Å². The lowest BCUT2D eigenvalue weighted by Crippen LogP contribution is -2.21. The number of carbonyl (C=O) groups excluding carboxylic acids is 1. The van der Waals surface area contributed by atoms with Crippen LogP contribution in [0.4, 0.5) is 0 Å². The minimum Gasteiger partial charge on any atom is -0.350 e. The topological polar surface area (TPSA) is 75.1 Å². The molecule has 0 saturated carbocycles. The van der Waals surface area contributed by atoms with Gasteiger partial charge in [-0.1, -0.05) is 20.8 Å². The fourth-order valence-electron chi connectivity index (χ4n) is 3.04. The largest absolute Gasteiger partial charge is 0.350 e. The summed E-state index contributed by atoms with van der Waals surface area (Å²) in [5, 5.41) is 12.6. The zero-order valence-electron chi connectivity index (χ0n) is 13.4. The van der Waals surface area contributed by atoms with Crippen molar-refractivity contribution in [3.63, 3.8) is 0 Å². The molecule has 2 N–H and O–H groups in total. The fourth-order valence-corrected chi connectivity index (χ4v) is 3.78. The lowest BCUT2D eigenvalue weighted by atomic mass is 9.90. The number of imidazole rings is 1. The van der Waals surface area contributed by atoms with Crippen LogP contribution in [-0.2, 0) is 16.8 Å². The molecule has 1 unspecified atom stereocenters. The van der Waals surface area contributed by atoms with Crippen LogP contribution in [0, 0.1) is 0 Å². The summed E-state index contributed by atoms with van der Waals surface area (Å²) in [4.78, 5) is 17.8. The molecule has 1 amide bonds. The lowest BCUT2D eigenvalue weighted by molar-refractivity contribution is -0.121. The van der Waals surface area contributed by atoms with Crippen molar-refractivity contribution in [3.8, 4) is 0 Å². The number of carbonyl (C=O) groups is 1. The van der Waals surface area contributed by atoms with Crippen molar-refractivity contribution >= 4 is 22.2 Å². The third-order valence-corrected chi connectivity index (χ3v) is 5.05. The van der Waals surface area contributed by atoms with Gasteiger partial charge in [0.15, 0.2) is 4.96 Å². The van der Waals surface area contributed by atoms with Gasteiger partial charge in [0.25, 0.3) is 0 Å². The van der Waals surface area contributed by atoms with Gasteiger partial charge in [-0.05, 0) is 6.07 Å². The van der Waals surface area contributed by atoms with Crippen LogP contribution in [0.1, 0.15) is 55.9 Å². The van der Waals surface area contributed by atoms with E-state index < -0.39 is 0 Å². The maximum absolute atomic E-state index is 12.1. The first kappa shape index (κ1) is 14.4. The average Bonchev–Trinajstić information content (AvgIpc) is 3.15. The molecule has 3 aromatic rings. The van der Waals surface area contributed by atoms with Crippen molar-refractivity contribution in [1.82, 2.24) is 24.9 Å². The maximum Gasteiger partial charge on any atom is 0.221 e. The molecule has 6 nitrogen and oxygen atoms in total. The minimum atomic E-state index is -0.0549. The first-order valence-corrected chi connectivity index (χ1v) is 8.58. The first-order chi connectivity index (χ1) is 10.9. The van der Waals surface area contributed by atoms with Crippen LogP contribution in [0.2, 0.25) is 0 Å². The third kappa shape index (κ3) is 2.35. The number of hydrogen-bond acceptors (Lipinski definition) is 4. The summed E-state index contributed by atoms with van der Waals surface area (Å²) in [6, 6.07) is 2.08. The van der Waals surface area contributed by atoms with E-state index in [0.717, 1.165) is 27.7 Å². The molecule has 0 bridgehead atoms. The van der Waals surface area contributed by atoms with Gasteiger partial charge < -0.3 is 5.32 Å². The molecule has 0 aliphatic carbocycles. The number of aromatic amines is 1. The van der Waals surface area contributed by atoms with Gasteiger partial charge in [-0.2, -0.15) is 5.10 Å². The summed E-state index contributed by atoms with van der Waals surface area (Å²) >= 11 is 1.61. The summed E-state index contributed by atoms with van der Waals surface area (Å²) in [5.41, 5.74) is 3.98. The van der Waals surface area contributed by atoms with Crippen LogP contribution < -0.4 is 5.32 Å². The van der Waals surface area contributed by atoms with Crippen LogP contribution in [0.25, 0.3) is 4.96 Å². The van der Waals surface area contributed by atoms with Gasteiger partial charge in [0.05, 0.1) is 29.5 Å². The van der Waals surface area contributed by atoms with Gasteiger partial charge in [-0.25, -0.2) is 4.98 Å². The van der Waals surface area contributed by atoms with Gasteiger partial charge in [-0.15, -0.1) is 11.3 Å². The highest BCUT2D eigenvalue weighted by molar-refractivity contribution is 7.15. The van der Waals surface area contributed by atoms with Crippen molar-refractivity contribution in [2.24, 2.45) is 0 Å². The molecule has 1 aliphatic rings. The van der Waals surface area contributed by atoms with E-state index in [-0.39, 0.29) is 17.2 Å². The predicted octanol–water partition coefficient (Wildman–Crippen LogP) is 2.57. The number of H-pyrrole nitrogens is 1. The van der Waals surface area contributed by atoms with Crippen molar-refractivity contribution < 1.29 is 4.79 Å². The summed E-state index contributed by atoms with van der Waals surface area (Å²) in [6.07, 6.45) is 2.43. The van der Waals surface area contributed by atoms with E-state index in [2.05, 4.69) is 51.7 Å². The molecule has 0 spiro atoms. The van der Waals surface area contributed by atoms with Crippen molar-refractivity contribution in [1.29, 1.82) is 0 Å². The highest BCUT2D eigenvalue weighted by Gasteiger charge is 2.31. The SMILES string of the molecule is CC(C)(C)c1cc(C2CC(=O)NCc3nc4sccn4c32)[nH]n1. The molecule has 0 saturated heterocycles. The number of aromatic nitrogens is 4. The molecule has 0 radical (unpaired) electrons. The molecule has 7 heteroatoms. The zero-order chi connectivity index (χ0) is 16.2. The summed E-state index contributed by atoms with van der Waals surface area (Å²) in [5.74, 6) is -0.00964. The molecule has 3 aromatic heterocycles. The number of rotatable bonds is 1. The molecule has 4 heterocycles. The second-order valence-corrected chi connectivity index (χ2v) is 7.86. The monoisotopic (exact) mass is 329 g/mol. The molecule has 1 aliphatic heterocycles. The Hall–Kier alpha value is -2.15. The van der Waals surface area contributed by atoms with Crippen molar-refractivity contribution in [2.45, 2.75) is 45.1 Å². The average molecular weight is 329 g/mol. The number of fused-ring (bicyclic) bond motifs is 3. The Kier molecular flexibility index (Phi) is 3.09. The van der Waals surface area contributed by atoms with E-state index in [9.17, 15) is 4.79 Å². The number of amides is 1. The summed E-state index contributed by atoms with van der Waals surface area (Å²) in [6.45, 7) is 6.88. The number of thiazole rings is 1. The smallest absolute Gasteiger partial charge is 0.221 e. The molecule has 120 valence electrons. The molecular weight excluding hydrogens is 310 g/mol. The van der Waals surface area contributed by atoms with Gasteiger partial charge >= 0.3 is 0 Å². The Balaban J connectivity index is 1.86. The normalized spacial score (nSPS) is 18.7. The molecule has 0 aromatic carbocycles. The van der Waals surface area contributed by atoms with Crippen LogP contribution in [0.15, 0.2) is 17.6 Å². The Morgan fingerprint density at radius 2 is 2.22 bits per heavy atom. The second kappa shape index (κ2) is 4.92. The predicted molar refractivity (Wildman–Crippen MR) is 88.7 cm³/mol. The molecule has 23 heavy (non-hydrogen) atoms. The number of nitrogens with zero attached hydrogens (tertiary/aromatic N) is 3. The van der Waals surface area contributed by atoms with Gasteiger partial charge in [-0.3, -0.25) is 14.3 Å². The van der Waals surface area contributed by atoms with Crippen LogP contribution in [0.5, 0.6) is 0 Å². The van der Waals surface area contributed by atoms with E-state index in [1.165, 1.54) is 0 Å². The minimum absolute atomic E-state index is 0.0281. The van der Waals surface area contributed by atoms with Gasteiger partial charge in [0, 0.05) is 29.1 Å². The first-order valence-electron chi connectivity index (χ1n) is 7.70.